The first-order chi connectivity index (χ1) is 8.25. The summed E-state index contributed by atoms with van der Waals surface area (Å²) in [4.78, 5) is 18.2. The summed E-state index contributed by atoms with van der Waals surface area (Å²) in [7, 11) is 0. The van der Waals surface area contributed by atoms with Crippen LogP contribution in [-0.4, -0.2) is 27.6 Å². The molecule has 0 aliphatic heterocycles. The number of carbonyl (C=O) groups is 1. The topological polar surface area (TPSA) is 88.2 Å². The molecule has 2 rings (SSSR count). The van der Waals surface area contributed by atoms with Crippen molar-refractivity contribution in [2.45, 2.75) is 6.42 Å². The number of aromatic carboxylic acids is 1. The molecule has 0 fully saturated rings. The van der Waals surface area contributed by atoms with Crippen LogP contribution in [0.25, 0.3) is 0 Å². The molecule has 0 aliphatic rings. The fourth-order valence-electron chi connectivity index (χ4n) is 1.32. The number of nitrogens with zero attached hydrogens (tertiary/aromatic N) is 2. The Balaban J connectivity index is 1.84. The highest BCUT2D eigenvalue weighted by Crippen LogP contribution is 2.07. The molecule has 0 aliphatic carbocycles. The second-order valence-corrected chi connectivity index (χ2v) is 3.38. The van der Waals surface area contributed by atoms with Gasteiger partial charge in [-0.2, -0.15) is 4.98 Å². The molecule has 0 atom stereocenters. The maximum Gasteiger partial charge on any atom is 0.357 e. The van der Waals surface area contributed by atoms with Crippen LogP contribution < -0.4 is 5.32 Å². The highest BCUT2D eigenvalue weighted by atomic mass is 16.4. The van der Waals surface area contributed by atoms with Crippen LogP contribution in [-0.2, 0) is 6.42 Å². The van der Waals surface area contributed by atoms with Crippen molar-refractivity contribution in [1.82, 2.24) is 9.97 Å². The number of aromatic nitrogens is 2. The van der Waals surface area contributed by atoms with E-state index in [0.29, 0.717) is 6.54 Å². The van der Waals surface area contributed by atoms with Crippen molar-refractivity contribution in [2.24, 2.45) is 0 Å². The van der Waals surface area contributed by atoms with Gasteiger partial charge in [-0.25, -0.2) is 4.79 Å². The smallest absolute Gasteiger partial charge is 0.357 e. The van der Waals surface area contributed by atoms with Gasteiger partial charge in [0.2, 0.25) is 0 Å². The number of oxazole rings is 1. The lowest BCUT2D eigenvalue weighted by Crippen LogP contribution is -2.05. The minimum Gasteiger partial charge on any atom is -0.476 e. The van der Waals surface area contributed by atoms with Crippen LogP contribution in [0.5, 0.6) is 0 Å². The van der Waals surface area contributed by atoms with Crippen LogP contribution in [0.3, 0.4) is 0 Å². The molecule has 0 unspecified atom stereocenters. The molecule has 2 aromatic heterocycles. The van der Waals surface area contributed by atoms with Crippen molar-refractivity contribution in [3.05, 3.63) is 42.0 Å². The molecule has 88 valence electrons. The first kappa shape index (κ1) is 11.1. The lowest BCUT2D eigenvalue weighted by Gasteiger charge is -2.01. The van der Waals surface area contributed by atoms with Gasteiger partial charge < -0.3 is 14.8 Å². The Morgan fingerprint density at radius 3 is 2.82 bits per heavy atom. The number of carboxylic acids is 1. The first-order valence-corrected chi connectivity index (χ1v) is 5.07. The maximum absolute atomic E-state index is 10.6. The maximum atomic E-state index is 10.6. The predicted octanol–water partition coefficient (Wildman–Crippen LogP) is 1.42. The summed E-state index contributed by atoms with van der Waals surface area (Å²) in [5, 5.41) is 11.6. The number of hydrogen-bond donors (Lipinski definition) is 2. The van der Waals surface area contributed by atoms with E-state index < -0.39 is 5.97 Å². The van der Waals surface area contributed by atoms with Crippen LogP contribution in [0.1, 0.15) is 16.1 Å². The summed E-state index contributed by atoms with van der Waals surface area (Å²) in [6.45, 7) is 0.615. The summed E-state index contributed by atoms with van der Waals surface area (Å²) in [5.41, 5.74) is 1.04. The predicted molar refractivity (Wildman–Crippen MR) is 59.9 cm³/mol. The molecule has 0 saturated carbocycles. The third kappa shape index (κ3) is 3.04. The van der Waals surface area contributed by atoms with Gasteiger partial charge >= 0.3 is 5.97 Å². The van der Waals surface area contributed by atoms with Crippen LogP contribution in [0.15, 0.2) is 35.2 Å². The van der Waals surface area contributed by atoms with Crippen molar-refractivity contribution in [3.63, 3.8) is 0 Å². The molecule has 0 saturated heterocycles. The summed E-state index contributed by atoms with van der Waals surface area (Å²) >= 11 is 0. The Morgan fingerprint density at radius 1 is 1.41 bits per heavy atom. The molecule has 2 aromatic rings. The van der Waals surface area contributed by atoms with Crippen molar-refractivity contribution in [2.75, 3.05) is 11.9 Å². The van der Waals surface area contributed by atoms with Gasteiger partial charge in [0.1, 0.15) is 6.26 Å². The lowest BCUT2D eigenvalue weighted by molar-refractivity contribution is 0.0690. The van der Waals surface area contributed by atoms with E-state index in [9.17, 15) is 4.79 Å². The van der Waals surface area contributed by atoms with Gasteiger partial charge in [-0.1, -0.05) is 0 Å². The molecular formula is C11H11N3O3. The standard InChI is InChI=1S/C11H11N3O3/c15-10(16)9-7-17-11(14-9)13-6-3-8-1-4-12-5-2-8/h1-2,4-5,7H,3,6H2,(H,13,14)(H,15,16). The Bertz CT molecular complexity index is 496. The van der Waals surface area contributed by atoms with Crippen LogP contribution in [0.4, 0.5) is 6.01 Å². The van der Waals surface area contributed by atoms with Crippen LogP contribution in [0, 0.1) is 0 Å². The van der Waals surface area contributed by atoms with Gasteiger partial charge in [-0.3, -0.25) is 4.98 Å². The van der Waals surface area contributed by atoms with Gasteiger partial charge in [0.05, 0.1) is 0 Å². The second kappa shape index (κ2) is 5.11. The van der Waals surface area contributed by atoms with E-state index in [4.69, 9.17) is 9.52 Å². The number of hydrogen-bond acceptors (Lipinski definition) is 5. The van der Waals surface area contributed by atoms with Crippen LogP contribution >= 0.6 is 0 Å². The molecule has 0 spiro atoms. The molecule has 6 heteroatoms. The average Bonchev–Trinajstić information content (AvgIpc) is 2.79. The van der Waals surface area contributed by atoms with Gasteiger partial charge in [0.25, 0.3) is 6.01 Å². The quantitative estimate of drug-likeness (QED) is 0.812. The van der Waals surface area contributed by atoms with Gasteiger partial charge in [0.15, 0.2) is 5.69 Å². The molecule has 2 N–H and O–H groups in total. The monoisotopic (exact) mass is 233 g/mol. The fourth-order valence-corrected chi connectivity index (χ4v) is 1.32. The number of pyridine rings is 1. The minimum atomic E-state index is -1.10. The summed E-state index contributed by atoms with van der Waals surface area (Å²) in [5.74, 6) is -1.10. The van der Waals surface area contributed by atoms with Crippen molar-refractivity contribution < 1.29 is 14.3 Å². The van der Waals surface area contributed by atoms with Crippen LogP contribution in [0.2, 0.25) is 0 Å². The molecule has 2 heterocycles. The zero-order valence-corrected chi connectivity index (χ0v) is 8.96. The van der Waals surface area contributed by atoms with E-state index in [-0.39, 0.29) is 11.7 Å². The van der Waals surface area contributed by atoms with E-state index in [1.54, 1.807) is 12.4 Å². The number of rotatable bonds is 5. The van der Waals surface area contributed by atoms with E-state index in [0.717, 1.165) is 18.2 Å². The lowest BCUT2D eigenvalue weighted by atomic mass is 10.2. The Kier molecular flexibility index (Phi) is 3.34. The zero-order chi connectivity index (χ0) is 12.1. The highest BCUT2D eigenvalue weighted by Gasteiger charge is 2.09. The first-order valence-electron chi connectivity index (χ1n) is 5.07. The largest absolute Gasteiger partial charge is 0.476 e. The second-order valence-electron chi connectivity index (χ2n) is 3.38. The molecule has 6 nitrogen and oxygen atoms in total. The third-order valence-electron chi connectivity index (χ3n) is 2.16. The van der Waals surface area contributed by atoms with E-state index in [1.807, 2.05) is 12.1 Å². The summed E-state index contributed by atoms with van der Waals surface area (Å²) in [6.07, 6.45) is 5.34. The average molecular weight is 233 g/mol. The highest BCUT2D eigenvalue weighted by molar-refractivity contribution is 5.85. The molecular weight excluding hydrogens is 222 g/mol. The minimum absolute atomic E-state index is 0.101. The van der Waals surface area contributed by atoms with Gasteiger partial charge in [-0.15, -0.1) is 0 Å². The van der Waals surface area contributed by atoms with E-state index in [1.165, 1.54) is 0 Å². The number of nitrogens with one attached hydrogen (secondary N) is 1. The van der Waals surface area contributed by atoms with Crippen molar-refractivity contribution in [1.29, 1.82) is 0 Å². The molecule has 0 aromatic carbocycles. The zero-order valence-electron chi connectivity index (χ0n) is 8.96. The number of anilines is 1. The van der Waals surface area contributed by atoms with Crippen molar-refractivity contribution in [3.8, 4) is 0 Å². The fraction of sp³-hybridized carbons (Fsp3) is 0.182. The molecule has 17 heavy (non-hydrogen) atoms. The Labute approximate surface area is 97.3 Å². The summed E-state index contributed by atoms with van der Waals surface area (Å²) in [6, 6.07) is 4.05. The SMILES string of the molecule is O=C(O)c1coc(NCCc2ccncc2)n1. The Morgan fingerprint density at radius 2 is 2.18 bits per heavy atom. The normalized spacial score (nSPS) is 10.1. The van der Waals surface area contributed by atoms with Crippen molar-refractivity contribution >= 4 is 12.0 Å². The third-order valence-corrected chi connectivity index (χ3v) is 2.16. The number of carboxylic acid groups (broad SMARTS) is 1. The molecule has 0 radical (unpaired) electrons. The van der Waals surface area contributed by atoms with E-state index >= 15 is 0 Å². The molecule has 0 bridgehead atoms. The summed E-state index contributed by atoms with van der Waals surface area (Å²) < 4.78 is 4.95. The van der Waals surface area contributed by atoms with Gasteiger partial charge in [-0.05, 0) is 24.1 Å². The molecule has 0 amide bonds. The van der Waals surface area contributed by atoms with Gasteiger partial charge in [0, 0.05) is 18.9 Å². The van der Waals surface area contributed by atoms with E-state index in [2.05, 4.69) is 15.3 Å². The Hall–Kier alpha value is -2.37.